The van der Waals surface area contributed by atoms with Gasteiger partial charge < -0.3 is 15.4 Å². The molecular weight excluding hydrogens is 355 g/mol. The van der Waals surface area contributed by atoms with Gasteiger partial charge in [0.05, 0.1) is 5.92 Å². The second kappa shape index (κ2) is 8.23. The molecule has 5 heteroatoms. The number of hydrogen-bond acceptors (Lipinski definition) is 3. The van der Waals surface area contributed by atoms with Crippen LogP contribution < -0.4 is 15.4 Å². The molecule has 0 aliphatic carbocycles. The van der Waals surface area contributed by atoms with Crippen LogP contribution in [-0.2, 0) is 4.79 Å². The number of carbonyl (C=O) groups is 1. The van der Waals surface area contributed by atoms with E-state index in [0.29, 0.717) is 23.7 Å². The molecule has 1 saturated heterocycles. The summed E-state index contributed by atoms with van der Waals surface area (Å²) in [6.07, 6.45) is 0. The summed E-state index contributed by atoms with van der Waals surface area (Å²) in [5.41, 5.74) is 1.84. The van der Waals surface area contributed by atoms with Gasteiger partial charge in [0, 0.05) is 30.8 Å². The van der Waals surface area contributed by atoms with E-state index in [1.807, 2.05) is 30.3 Å². The fourth-order valence-corrected chi connectivity index (χ4v) is 3.52. The van der Waals surface area contributed by atoms with E-state index in [1.165, 1.54) is 17.7 Å². The maximum atomic E-state index is 13.0. The lowest BCUT2D eigenvalue weighted by Gasteiger charge is -2.19. The first-order chi connectivity index (χ1) is 13.7. The first-order valence-corrected chi connectivity index (χ1v) is 9.29. The molecule has 1 fully saturated rings. The Labute approximate surface area is 163 Å². The Bertz CT molecular complexity index is 944. The van der Waals surface area contributed by atoms with Crippen molar-refractivity contribution in [3.05, 3.63) is 90.2 Å². The Hall–Kier alpha value is -3.18. The van der Waals surface area contributed by atoms with Crippen LogP contribution >= 0.6 is 0 Å². The lowest BCUT2D eigenvalue weighted by molar-refractivity contribution is -0.119. The van der Waals surface area contributed by atoms with Crippen LogP contribution in [-0.4, -0.2) is 19.0 Å². The van der Waals surface area contributed by atoms with Gasteiger partial charge in [0.15, 0.2) is 0 Å². The number of halogens is 1. The molecule has 1 heterocycles. The average Bonchev–Trinajstić information content (AvgIpc) is 3.21. The summed E-state index contributed by atoms with van der Waals surface area (Å²) in [5.74, 6) is 0.802. The first kappa shape index (κ1) is 18.2. The Morgan fingerprint density at radius 1 is 0.929 bits per heavy atom. The summed E-state index contributed by atoms with van der Waals surface area (Å²) in [7, 11) is 0. The molecule has 0 spiro atoms. The van der Waals surface area contributed by atoms with Gasteiger partial charge in [-0.05, 0) is 42.0 Å². The summed E-state index contributed by atoms with van der Waals surface area (Å²) < 4.78 is 18.8. The van der Waals surface area contributed by atoms with Gasteiger partial charge in [-0.15, -0.1) is 0 Å². The molecule has 28 heavy (non-hydrogen) atoms. The van der Waals surface area contributed by atoms with Crippen LogP contribution in [0.25, 0.3) is 0 Å². The molecule has 142 valence electrons. The van der Waals surface area contributed by atoms with Crippen molar-refractivity contribution < 1.29 is 13.9 Å². The van der Waals surface area contributed by atoms with Crippen LogP contribution in [0.5, 0.6) is 11.5 Å². The molecule has 4 nitrogen and oxygen atoms in total. The van der Waals surface area contributed by atoms with E-state index in [-0.39, 0.29) is 23.6 Å². The minimum Gasteiger partial charge on any atom is -0.457 e. The van der Waals surface area contributed by atoms with Crippen molar-refractivity contribution in [3.8, 4) is 11.5 Å². The van der Waals surface area contributed by atoms with E-state index in [4.69, 9.17) is 4.74 Å². The van der Waals surface area contributed by atoms with Crippen molar-refractivity contribution in [2.45, 2.75) is 5.92 Å². The molecular formula is C23H21FN2O2. The van der Waals surface area contributed by atoms with Crippen molar-refractivity contribution in [2.75, 3.05) is 18.4 Å². The average molecular weight is 376 g/mol. The van der Waals surface area contributed by atoms with Gasteiger partial charge in [-0.25, -0.2) is 4.39 Å². The zero-order chi connectivity index (χ0) is 19.3. The lowest BCUT2D eigenvalue weighted by atomic mass is 9.88. The summed E-state index contributed by atoms with van der Waals surface area (Å²) in [6, 6.07) is 23.1. The predicted molar refractivity (Wildman–Crippen MR) is 107 cm³/mol. The van der Waals surface area contributed by atoms with Crippen LogP contribution in [0, 0.1) is 11.7 Å². The highest BCUT2D eigenvalue weighted by Gasteiger charge is 2.33. The molecule has 2 atom stereocenters. The van der Waals surface area contributed by atoms with Gasteiger partial charge >= 0.3 is 0 Å². The zero-order valence-corrected chi connectivity index (χ0v) is 15.3. The number of amides is 1. The number of rotatable bonds is 5. The van der Waals surface area contributed by atoms with Crippen molar-refractivity contribution in [2.24, 2.45) is 5.92 Å². The highest BCUT2D eigenvalue weighted by Crippen LogP contribution is 2.30. The molecule has 1 amide bonds. The number of carbonyl (C=O) groups excluding carboxylic acids is 1. The second-order valence-corrected chi connectivity index (χ2v) is 6.85. The van der Waals surface area contributed by atoms with Crippen LogP contribution in [0.1, 0.15) is 11.5 Å². The number of benzene rings is 3. The standard InChI is InChI=1S/C23H21FN2O2/c24-17-9-11-19(12-10-17)28-20-8-4-7-18(13-20)26-23(27)22-15-25-14-21(22)16-5-2-1-3-6-16/h1-13,21-22,25H,14-15H2,(H,26,27)/t21-,22+/m1/s1. The largest absolute Gasteiger partial charge is 0.457 e. The zero-order valence-electron chi connectivity index (χ0n) is 15.3. The van der Waals surface area contributed by atoms with Gasteiger partial charge in [-0.3, -0.25) is 4.79 Å². The van der Waals surface area contributed by atoms with Gasteiger partial charge in [0.25, 0.3) is 0 Å². The number of ether oxygens (including phenoxy) is 1. The maximum Gasteiger partial charge on any atom is 0.229 e. The Morgan fingerprint density at radius 3 is 2.50 bits per heavy atom. The van der Waals surface area contributed by atoms with Crippen LogP contribution in [0.2, 0.25) is 0 Å². The molecule has 2 N–H and O–H groups in total. The Balaban J connectivity index is 1.45. The smallest absolute Gasteiger partial charge is 0.229 e. The predicted octanol–water partition coefficient (Wildman–Crippen LogP) is 4.56. The molecule has 4 rings (SSSR count). The number of hydrogen-bond donors (Lipinski definition) is 2. The highest BCUT2D eigenvalue weighted by atomic mass is 19.1. The van der Waals surface area contributed by atoms with Crippen molar-refractivity contribution in [1.82, 2.24) is 5.32 Å². The molecule has 3 aromatic carbocycles. The highest BCUT2D eigenvalue weighted by molar-refractivity contribution is 5.93. The molecule has 1 aliphatic rings. The number of anilines is 1. The molecule has 0 bridgehead atoms. The maximum absolute atomic E-state index is 13.0. The molecule has 0 unspecified atom stereocenters. The fourth-order valence-electron chi connectivity index (χ4n) is 3.52. The van der Waals surface area contributed by atoms with E-state index in [9.17, 15) is 9.18 Å². The minimum atomic E-state index is -0.313. The Kier molecular flexibility index (Phi) is 5.35. The third-order valence-corrected chi connectivity index (χ3v) is 4.93. The van der Waals surface area contributed by atoms with Crippen molar-refractivity contribution >= 4 is 11.6 Å². The third kappa shape index (κ3) is 4.21. The van der Waals surface area contributed by atoms with E-state index in [1.54, 1.807) is 24.3 Å². The number of nitrogens with one attached hydrogen (secondary N) is 2. The Morgan fingerprint density at radius 2 is 1.71 bits per heavy atom. The monoisotopic (exact) mass is 376 g/mol. The van der Waals surface area contributed by atoms with Crippen molar-refractivity contribution in [3.63, 3.8) is 0 Å². The first-order valence-electron chi connectivity index (χ1n) is 9.29. The summed E-state index contributed by atoms with van der Waals surface area (Å²) in [4.78, 5) is 12.9. The fraction of sp³-hybridized carbons (Fsp3) is 0.174. The molecule has 0 aromatic heterocycles. The molecule has 0 radical (unpaired) electrons. The van der Waals surface area contributed by atoms with Crippen LogP contribution in [0.3, 0.4) is 0 Å². The van der Waals surface area contributed by atoms with E-state index >= 15 is 0 Å². The summed E-state index contributed by atoms with van der Waals surface area (Å²) >= 11 is 0. The van der Waals surface area contributed by atoms with Gasteiger partial charge in [0.2, 0.25) is 5.91 Å². The summed E-state index contributed by atoms with van der Waals surface area (Å²) in [6.45, 7) is 1.44. The third-order valence-electron chi connectivity index (χ3n) is 4.93. The van der Waals surface area contributed by atoms with Gasteiger partial charge in [0.1, 0.15) is 17.3 Å². The van der Waals surface area contributed by atoms with Gasteiger partial charge in [-0.2, -0.15) is 0 Å². The van der Waals surface area contributed by atoms with E-state index < -0.39 is 0 Å². The van der Waals surface area contributed by atoms with Crippen LogP contribution in [0.15, 0.2) is 78.9 Å². The van der Waals surface area contributed by atoms with Crippen molar-refractivity contribution in [1.29, 1.82) is 0 Å². The SMILES string of the molecule is O=C(Nc1cccc(Oc2ccc(F)cc2)c1)[C@H]1CNC[C@@H]1c1ccccc1. The van der Waals surface area contributed by atoms with Gasteiger partial charge in [-0.1, -0.05) is 36.4 Å². The second-order valence-electron chi connectivity index (χ2n) is 6.85. The molecule has 3 aromatic rings. The lowest BCUT2D eigenvalue weighted by Crippen LogP contribution is -2.28. The van der Waals surface area contributed by atoms with Crippen LogP contribution in [0.4, 0.5) is 10.1 Å². The summed E-state index contributed by atoms with van der Waals surface area (Å²) in [5, 5.41) is 6.32. The minimum absolute atomic E-state index is 0.0159. The normalized spacial score (nSPS) is 18.6. The van der Waals surface area contributed by atoms with E-state index in [0.717, 1.165) is 6.54 Å². The molecule has 1 aliphatic heterocycles. The molecule has 0 saturated carbocycles. The topological polar surface area (TPSA) is 50.4 Å². The quantitative estimate of drug-likeness (QED) is 0.686. The van der Waals surface area contributed by atoms with E-state index in [2.05, 4.69) is 22.8 Å².